The number of hydrogen-bond acceptors (Lipinski definition) is 2. The van der Waals surface area contributed by atoms with Crippen molar-refractivity contribution in [1.29, 1.82) is 0 Å². The Bertz CT molecular complexity index is 336. The molecule has 1 aliphatic heterocycles. The number of halogens is 1. The molecule has 1 fully saturated rings. The van der Waals surface area contributed by atoms with E-state index in [0.717, 1.165) is 19.6 Å². The molecule has 2 atom stereocenters. The van der Waals surface area contributed by atoms with Gasteiger partial charge in [-0.3, -0.25) is 4.90 Å². The molecule has 2 rings (SSSR count). The van der Waals surface area contributed by atoms with E-state index in [9.17, 15) is 4.39 Å². The summed E-state index contributed by atoms with van der Waals surface area (Å²) in [5.41, 5.74) is 1.19. The highest BCUT2D eigenvalue weighted by Gasteiger charge is 2.23. The minimum Gasteiger partial charge on any atom is -0.314 e. The third kappa shape index (κ3) is 2.42. The summed E-state index contributed by atoms with van der Waals surface area (Å²) in [4.78, 5) is 2.46. The summed E-state index contributed by atoms with van der Waals surface area (Å²) >= 11 is 0. The van der Waals surface area contributed by atoms with Crippen LogP contribution in [0.15, 0.2) is 24.3 Å². The van der Waals surface area contributed by atoms with Crippen LogP contribution >= 0.6 is 0 Å². The van der Waals surface area contributed by atoms with Crippen LogP contribution < -0.4 is 5.32 Å². The molecular formula is C13H19FN2. The van der Waals surface area contributed by atoms with Crippen molar-refractivity contribution in [2.75, 3.05) is 19.6 Å². The van der Waals surface area contributed by atoms with Gasteiger partial charge in [-0.15, -0.1) is 0 Å². The molecule has 1 aromatic carbocycles. The van der Waals surface area contributed by atoms with Crippen molar-refractivity contribution in [2.24, 2.45) is 0 Å². The first-order chi connectivity index (χ1) is 7.68. The highest BCUT2D eigenvalue weighted by molar-refractivity contribution is 5.19. The molecule has 3 heteroatoms. The summed E-state index contributed by atoms with van der Waals surface area (Å²) in [6.45, 7) is 7.54. The van der Waals surface area contributed by atoms with Gasteiger partial charge in [0.25, 0.3) is 0 Å². The Kier molecular flexibility index (Phi) is 3.56. The summed E-state index contributed by atoms with van der Waals surface area (Å²) in [5.74, 6) is -0.163. The fraction of sp³-hybridized carbons (Fsp3) is 0.538. The lowest BCUT2D eigenvalue weighted by molar-refractivity contribution is 0.126. The summed E-state index contributed by atoms with van der Waals surface area (Å²) in [6, 6.07) is 7.74. The standard InChI is InChI=1S/C13H19FN2/c1-10-9-15-7-8-16(10)11(2)12-3-5-13(14)6-4-12/h3-6,10-11,15H,7-9H2,1-2H3/t10-,11?/m1/s1. The second kappa shape index (κ2) is 4.93. The van der Waals surface area contributed by atoms with E-state index >= 15 is 0 Å². The van der Waals surface area contributed by atoms with Crippen molar-refractivity contribution in [2.45, 2.75) is 25.9 Å². The molecular weight excluding hydrogens is 203 g/mol. The first-order valence-corrected chi connectivity index (χ1v) is 5.90. The Morgan fingerprint density at radius 3 is 2.69 bits per heavy atom. The highest BCUT2D eigenvalue weighted by Crippen LogP contribution is 2.23. The molecule has 1 N–H and O–H groups in total. The van der Waals surface area contributed by atoms with Crippen molar-refractivity contribution in [1.82, 2.24) is 10.2 Å². The summed E-state index contributed by atoms with van der Waals surface area (Å²) in [5, 5.41) is 3.38. The maximum atomic E-state index is 12.8. The predicted octanol–water partition coefficient (Wildman–Crippen LogP) is 2.18. The van der Waals surface area contributed by atoms with Crippen molar-refractivity contribution in [3.05, 3.63) is 35.6 Å². The van der Waals surface area contributed by atoms with Gasteiger partial charge >= 0.3 is 0 Å². The Morgan fingerprint density at radius 2 is 2.06 bits per heavy atom. The fourth-order valence-electron chi connectivity index (χ4n) is 2.36. The van der Waals surface area contributed by atoms with Crippen LogP contribution in [-0.2, 0) is 0 Å². The lowest BCUT2D eigenvalue weighted by atomic mass is 10.0. The number of benzene rings is 1. The van der Waals surface area contributed by atoms with E-state index in [-0.39, 0.29) is 5.82 Å². The fourth-order valence-corrected chi connectivity index (χ4v) is 2.36. The van der Waals surface area contributed by atoms with Crippen LogP contribution in [0.3, 0.4) is 0 Å². The molecule has 1 heterocycles. The predicted molar refractivity (Wildman–Crippen MR) is 63.9 cm³/mol. The molecule has 0 aliphatic carbocycles. The first kappa shape index (κ1) is 11.6. The van der Waals surface area contributed by atoms with Gasteiger partial charge in [-0.25, -0.2) is 4.39 Å². The van der Waals surface area contributed by atoms with E-state index < -0.39 is 0 Å². The normalized spacial score (nSPS) is 24.3. The summed E-state index contributed by atoms with van der Waals surface area (Å²) in [7, 11) is 0. The smallest absolute Gasteiger partial charge is 0.123 e. The molecule has 0 bridgehead atoms. The molecule has 88 valence electrons. The van der Waals surface area contributed by atoms with Gasteiger partial charge in [0.1, 0.15) is 5.82 Å². The van der Waals surface area contributed by atoms with E-state index in [4.69, 9.17) is 0 Å². The van der Waals surface area contributed by atoms with Gasteiger partial charge in [-0.1, -0.05) is 12.1 Å². The van der Waals surface area contributed by atoms with Crippen LogP contribution in [0.1, 0.15) is 25.5 Å². The first-order valence-electron chi connectivity index (χ1n) is 5.90. The molecule has 0 aromatic heterocycles. The molecule has 0 radical (unpaired) electrons. The molecule has 1 saturated heterocycles. The highest BCUT2D eigenvalue weighted by atomic mass is 19.1. The van der Waals surface area contributed by atoms with Gasteiger partial charge in [-0.05, 0) is 31.5 Å². The van der Waals surface area contributed by atoms with Crippen LogP contribution in [0.2, 0.25) is 0 Å². The quantitative estimate of drug-likeness (QED) is 0.825. The second-order valence-electron chi connectivity index (χ2n) is 4.52. The lowest BCUT2D eigenvalue weighted by Crippen LogP contribution is -2.50. The zero-order chi connectivity index (χ0) is 11.5. The van der Waals surface area contributed by atoms with Crippen molar-refractivity contribution in [3.63, 3.8) is 0 Å². The number of rotatable bonds is 2. The van der Waals surface area contributed by atoms with Crippen molar-refractivity contribution < 1.29 is 4.39 Å². The van der Waals surface area contributed by atoms with E-state index in [1.54, 1.807) is 12.1 Å². The Morgan fingerprint density at radius 1 is 1.38 bits per heavy atom. The zero-order valence-corrected chi connectivity index (χ0v) is 9.91. The number of hydrogen-bond donors (Lipinski definition) is 1. The molecule has 0 amide bonds. The van der Waals surface area contributed by atoms with Gasteiger partial charge in [0.05, 0.1) is 0 Å². The van der Waals surface area contributed by atoms with Crippen LogP contribution in [0, 0.1) is 5.82 Å². The maximum Gasteiger partial charge on any atom is 0.123 e. The molecule has 16 heavy (non-hydrogen) atoms. The molecule has 1 aliphatic rings. The SMILES string of the molecule is CC(c1ccc(F)cc1)N1CCNC[C@H]1C. The Hall–Kier alpha value is -0.930. The number of nitrogens with one attached hydrogen (secondary N) is 1. The van der Waals surface area contributed by atoms with Gasteiger partial charge in [0.2, 0.25) is 0 Å². The molecule has 1 aromatic rings. The third-order valence-electron chi connectivity index (χ3n) is 3.40. The molecule has 0 saturated carbocycles. The van der Waals surface area contributed by atoms with Crippen LogP contribution in [-0.4, -0.2) is 30.6 Å². The summed E-state index contributed by atoms with van der Waals surface area (Å²) < 4.78 is 12.8. The van der Waals surface area contributed by atoms with Crippen LogP contribution in [0.5, 0.6) is 0 Å². The monoisotopic (exact) mass is 222 g/mol. The molecule has 0 spiro atoms. The van der Waals surface area contributed by atoms with Gasteiger partial charge < -0.3 is 5.32 Å². The largest absolute Gasteiger partial charge is 0.314 e. The van der Waals surface area contributed by atoms with E-state index in [1.165, 1.54) is 5.56 Å². The van der Waals surface area contributed by atoms with Crippen molar-refractivity contribution >= 4 is 0 Å². The van der Waals surface area contributed by atoms with Crippen LogP contribution in [0.25, 0.3) is 0 Å². The van der Waals surface area contributed by atoms with E-state index in [0.29, 0.717) is 12.1 Å². The third-order valence-corrected chi connectivity index (χ3v) is 3.40. The van der Waals surface area contributed by atoms with Gasteiger partial charge in [-0.2, -0.15) is 0 Å². The zero-order valence-electron chi connectivity index (χ0n) is 9.91. The van der Waals surface area contributed by atoms with Gasteiger partial charge in [0.15, 0.2) is 0 Å². The number of piperazine rings is 1. The number of nitrogens with zero attached hydrogens (tertiary/aromatic N) is 1. The van der Waals surface area contributed by atoms with Crippen molar-refractivity contribution in [3.8, 4) is 0 Å². The minimum atomic E-state index is -0.163. The second-order valence-corrected chi connectivity index (χ2v) is 4.52. The van der Waals surface area contributed by atoms with Gasteiger partial charge in [0, 0.05) is 31.7 Å². The Balaban J connectivity index is 2.11. The average Bonchev–Trinajstić information content (AvgIpc) is 2.30. The van der Waals surface area contributed by atoms with E-state index in [1.807, 2.05) is 12.1 Å². The molecule has 2 nitrogen and oxygen atoms in total. The summed E-state index contributed by atoms with van der Waals surface area (Å²) in [6.07, 6.45) is 0. The minimum absolute atomic E-state index is 0.163. The van der Waals surface area contributed by atoms with E-state index in [2.05, 4.69) is 24.1 Å². The molecule has 1 unspecified atom stereocenters. The maximum absolute atomic E-state index is 12.8. The Labute approximate surface area is 96.5 Å². The average molecular weight is 222 g/mol. The van der Waals surface area contributed by atoms with Crippen LogP contribution in [0.4, 0.5) is 4.39 Å². The topological polar surface area (TPSA) is 15.3 Å². The lowest BCUT2D eigenvalue weighted by Gasteiger charge is -2.38.